The summed E-state index contributed by atoms with van der Waals surface area (Å²) in [5.74, 6) is -1.98. The maximum Gasteiger partial charge on any atom is 0.416 e. The Morgan fingerprint density at radius 2 is 1.49 bits per heavy atom. The van der Waals surface area contributed by atoms with Gasteiger partial charge in [-0.15, -0.1) is 0 Å². The summed E-state index contributed by atoms with van der Waals surface area (Å²) in [6, 6.07) is 27.7. The third kappa shape index (κ3) is 10.3. The standard InChI is InChI=1S/C34H29F3N2O5S/c35-34(36,37)27-16-14-26(15-17-27)31(40)38-29(19-25-12-7-13-28(18-25)44-20-23-8-3-1-4-9-23)32(41)39-30(33(42)43)22-45-21-24-10-5-2-6-11-24/h1-19,30H,20-22H2,(H,38,40)(H,39,41)(H,42,43). The molecule has 1 unspecified atom stereocenters. The van der Waals surface area contributed by atoms with Crippen molar-refractivity contribution in [1.29, 1.82) is 0 Å². The lowest BCUT2D eigenvalue weighted by Crippen LogP contribution is -2.45. The Kier molecular flexibility index (Phi) is 11.4. The lowest BCUT2D eigenvalue weighted by atomic mass is 10.1. The minimum Gasteiger partial charge on any atom is -0.489 e. The number of rotatable bonds is 13. The number of hydrogen-bond donors (Lipinski definition) is 3. The summed E-state index contributed by atoms with van der Waals surface area (Å²) in [4.78, 5) is 38.4. The second kappa shape index (κ2) is 15.6. The number of hydrogen-bond acceptors (Lipinski definition) is 5. The number of alkyl halides is 3. The Balaban J connectivity index is 1.54. The second-order valence-electron chi connectivity index (χ2n) is 9.80. The van der Waals surface area contributed by atoms with Gasteiger partial charge in [-0.2, -0.15) is 24.9 Å². The maximum absolute atomic E-state index is 13.4. The van der Waals surface area contributed by atoms with E-state index in [1.165, 1.54) is 17.8 Å². The first-order chi connectivity index (χ1) is 21.6. The highest BCUT2D eigenvalue weighted by atomic mass is 32.2. The Labute approximate surface area is 262 Å². The van der Waals surface area contributed by atoms with E-state index in [-0.39, 0.29) is 23.6 Å². The molecule has 0 fully saturated rings. The van der Waals surface area contributed by atoms with Crippen LogP contribution in [0.25, 0.3) is 6.08 Å². The van der Waals surface area contributed by atoms with E-state index in [9.17, 15) is 32.7 Å². The van der Waals surface area contributed by atoms with Crippen LogP contribution in [0.2, 0.25) is 0 Å². The van der Waals surface area contributed by atoms with Crippen molar-refractivity contribution in [3.8, 4) is 5.75 Å². The van der Waals surface area contributed by atoms with Crippen molar-refractivity contribution < 1.29 is 37.4 Å². The van der Waals surface area contributed by atoms with Gasteiger partial charge in [0.1, 0.15) is 24.1 Å². The first-order valence-corrected chi connectivity index (χ1v) is 14.9. The Morgan fingerprint density at radius 1 is 0.844 bits per heavy atom. The summed E-state index contributed by atoms with van der Waals surface area (Å²) >= 11 is 1.31. The molecule has 232 valence electrons. The van der Waals surface area contributed by atoms with Crippen molar-refractivity contribution >= 4 is 35.6 Å². The zero-order valence-corrected chi connectivity index (χ0v) is 24.6. The van der Waals surface area contributed by atoms with Crippen molar-refractivity contribution in [3.63, 3.8) is 0 Å². The average molecular weight is 635 g/mol. The summed E-state index contributed by atoms with van der Waals surface area (Å²) in [5.41, 5.74) is 0.999. The highest BCUT2D eigenvalue weighted by molar-refractivity contribution is 7.98. The number of ether oxygens (including phenoxy) is 1. The van der Waals surface area contributed by atoms with Gasteiger partial charge in [0.15, 0.2) is 0 Å². The molecule has 0 aliphatic rings. The number of aliphatic carboxylic acids is 1. The molecule has 4 aromatic carbocycles. The molecule has 0 aliphatic heterocycles. The van der Waals surface area contributed by atoms with Gasteiger partial charge in [-0.25, -0.2) is 4.79 Å². The van der Waals surface area contributed by atoms with Crippen LogP contribution in [0.5, 0.6) is 5.75 Å². The van der Waals surface area contributed by atoms with Gasteiger partial charge in [0.05, 0.1) is 5.56 Å². The zero-order valence-electron chi connectivity index (χ0n) is 23.8. The summed E-state index contributed by atoms with van der Waals surface area (Å²) in [6.45, 7) is 0.285. The monoisotopic (exact) mass is 634 g/mol. The van der Waals surface area contributed by atoms with Crippen molar-refractivity contribution in [2.75, 3.05) is 5.75 Å². The largest absolute Gasteiger partial charge is 0.489 e. The number of carbonyl (C=O) groups excluding carboxylic acids is 2. The molecule has 45 heavy (non-hydrogen) atoms. The van der Waals surface area contributed by atoms with Gasteiger partial charge < -0.3 is 20.5 Å². The van der Waals surface area contributed by atoms with E-state index >= 15 is 0 Å². The molecule has 3 N–H and O–H groups in total. The fourth-order valence-electron chi connectivity index (χ4n) is 4.04. The van der Waals surface area contributed by atoms with Gasteiger partial charge in [0.25, 0.3) is 11.8 Å². The van der Waals surface area contributed by atoms with E-state index in [0.717, 1.165) is 35.4 Å². The number of halogens is 3. The Morgan fingerprint density at radius 3 is 2.11 bits per heavy atom. The molecule has 2 amide bonds. The van der Waals surface area contributed by atoms with Crippen LogP contribution in [0.15, 0.2) is 115 Å². The molecule has 11 heteroatoms. The second-order valence-corrected chi connectivity index (χ2v) is 10.8. The van der Waals surface area contributed by atoms with E-state index in [1.807, 2.05) is 60.7 Å². The van der Waals surface area contributed by atoms with Gasteiger partial charge in [-0.3, -0.25) is 9.59 Å². The number of amides is 2. The first-order valence-electron chi connectivity index (χ1n) is 13.7. The number of carboxylic acid groups (broad SMARTS) is 1. The Hall–Kier alpha value is -5.03. The van der Waals surface area contributed by atoms with Gasteiger partial charge in [0, 0.05) is 17.1 Å². The molecule has 0 saturated carbocycles. The van der Waals surface area contributed by atoms with Crippen molar-refractivity contribution in [2.24, 2.45) is 0 Å². The van der Waals surface area contributed by atoms with Gasteiger partial charge in [-0.05, 0) is 59.2 Å². The molecular weight excluding hydrogens is 605 g/mol. The first kappa shape index (κ1) is 32.9. The van der Waals surface area contributed by atoms with Crippen molar-refractivity contribution in [3.05, 3.63) is 143 Å². The highest BCUT2D eigenvalue weighted by Gasteiger charge is 2.30. The predicted molar refractivity (Wildman–Crippen MR) is 166 cm³/mol. The van der Waals surface area contributed by atoms with Crippen molar-refractivity contribution in [2.45, 2.75) is 24.6 Å². The van der Waals surface area contributed by atoms with Crippen LogP contribution in [-0.4, -0.2) is 34.7 Å². The summed E-state index contributed by atoms with van der Waals surface area (Å²) in [6.07, 6.45) is -3.25. The maximum atomic E-state index is 13.4. The number of carboxylic acids is 1. The summed E-state index contributed by atoms with van der Waals surface area (Å²) < 4.78 is 44.9. The van der Waals surface area contributed by atoms with E-state index in [0.29, 0.717) is 17.1 Å². The van der Waals surface area contributed by atoms with Crippen molar-refractivity contribution in [1.82, 2.24) is 10.6 Å². The van der Waals surface area contributed by atoms with Crippen LogP contribution in [0, 0.1) is 0 Å². The minimum atomic E-state index is -4.59. The number of carbonyl (C=O) groups is 3. The SMILES string of the molecule is O=C(NC(CSCc1ccccc1)C(=O)O)C(=Cc1cccc(OCc2ccccc2)c1)NC(=O)c1ccc(C(F)(F)F)cc1. The Bertz CT molecular complexity index is 1630. The van der Waals surface area contributed by atoms with Crippen LogP contribution < -0.4 is 15.4 Å². The molecule has 4 aromatic rings. The molecule has 0 bridgehead atoms. The number of benzene rings is 4. The molecule has 0 saturated heterocycles. The molecule has 0 aromatic heterocycles. The lowest BCUT2D eigenvalue weighted by molar-refractivity contribution is -0.140. The fourth-order valence-corrected chi connectivity index (χ4v) is 5.05. The smallest absolute Gasteiger partial charge is 0.416 e. The quantitative estimate of drug-likeness (QED) is 0.144. The van der Waals surface area contributed by atoms with E-state index in [2.05, 4.69) is 10.6 Å². The van der Waals surface area contributed by atoms with Gasteiger partial charge in [-0.1, -0.05) is 72.8 Å². The topological polar surface area (TPSA) is 105 Å². The zero-order chi connectivity index (χ0) is 32.2. The molecule has 0 radical (unpaired) electrons. The van der Waals surface area contributed by atoms with Gasteiger partial charge >= 0.3 is 12.1 Å². The normalized spacial score (nSPS) is 12.2. The summed E-state index contributed by atoms with van der Waals surface area (Å²) in [7, 11) is 0. The highest BCUT2D eigenvalue weighted by Crippen LogP contribution is 2.29. The van der Waals surface area contributed by atoms with Gasteiger partial charge in [0.2, 0.25) is 0 Å². The van der Waals surface area contributed by atoms with E-state index in [4.69, 9.17) is 4.74 Å². The van der Waals surface area contributed by atoms with Crippen LogP contribution in [0.4, 0.5) is 13.2 Å². The van der Waals surface area contributed by atoms with Crippen LogP contribution >= 0.6 is 11.8 Å². The summed E-state index contributed by atoms with van der Waals surface area (Å²) in [5, 5.41) is 14.7. The third-order valence-corrected chi connectivity index (χ3v) is 7.49. The molecule has 1 atom stereocenters. The average Bonchev–Trinajstić information content (AvgIpc) is 3.03. The van der Waals surface area contributed by atoms with Crippen LogP contribution in [0.3, 0.4) is 0 Å². The van der Waals surface area contributed by atoms with Crippen LogP contribution in [-0.2, 0) is 28.1 Å². The molecule has 4 rings (SSSR count). The number of nitrogens with one attached hydrogen (secondary N) is 2. The predicted octanol–water partition coefficient (Wildman–Crippen LogP) is 6.56. The molecular formula is C34H29F3N2O5S. The molecule has 0 spiro atoms. The number of thioether (sulfide) groups is 1. The minimum absolute atomic E-state index is 0.0406. The third-order valence-electron chi connectivity index (χ3n) is 6.38. The molecule has 0 heterocycles. The van der Waals surface area contributed by atoms with E-state index < -0.39 is 35.6 Å². The fraction of sp³-hybridized carbons (Fsp3) is 0.147. The molecule has 0 aliphatic carbocycles. The van der Waals surface area contributed by atoms with E-state index in [1.54, 1.807) is 24.3 Å². The lowest BCUT2D eigenvalue weighted by Gasteiger charge is -2.17. The molecule has 7 nitrogen and oxygen atoms in total. The van der Waals surface area contributed by atoms with Crippen LogP contribution in [0.1, 0.15) is 32.6 Å².